The lowest BCUT2D eigenvalue weighted by molar-refractivity contribution is -0.152. The van der Waals surface area contributed by atoms with Crippen LogP contribution in [0.15, 0.2) is 0 Å². The van der Waals surface area contributed by atoms with Crippen molar-refractivity contribution in [3.8, 4) is 0 Å². The second-order valence-electron chi connectivity index (χ2n) is 2.98. The van der Waals surface area contributed by atoms with Crippen molar-refractivity contribution in [3.05, 3.63) is 11.4 Å². The first-order valence-electron chi connectivity index (χ1n) is 4.06. The summed E-state index contributed by atoms with van der Waals surface area (Å²) in [7, 11) is 4.16. The Kier molecular flexibility index (Phi) is 5.13. The van der Waals surface area contributed by atoms with E-state index in [4.69, 9.17) is 16.0 Å². The number of carbonyl (C=O) groups is 1. The van der Waals surface area contributed by atoms with Gasteiger partial charge >= 0.3 is 11.5 Å². The number of hydrogen-bond donors (Lipinski definition) is 0. The standard InChI is InChI=1S/C9H15NO4/c1-9(10-2,8(11)14-5)6-7(12-3)13-4/h7H,6H2,1,3-5H3. The third-order valence-corrected chi connectivity index (χ3v) is 1.96. The van der Waals surface area contributed by atoms with E-state index in [0.29, 0.717) is 0 Å². The van der Waals surface area contributed by atoms with Crippen molar-refractivity contribution in [1.82, 2.24) is 0 Å². The van der Waals surface area contributed by atoms with Crippen LogP contribution in [0.5, 0.6) is 0 Å². The molecule has 1 unspecified atom stereocenters. The number of ether oxygens (including phenoxy) is 3. The Morgan fingerprint density at radius 3 is 2.21 bits per heavy atom. The highest BCUT2D eigenvalue weighted by atomic mass is 16.7. The Balaban J connectivity index is 4.56. The predicted molar refractivity (Wildman–Crippen MR) is 49.4 cm³/mol. The molecule has 0 aromatic rings. The molecule has 5 heteroatoms. The first-order valence-corrected chi connectivity index (χ1v) is 4.06. The summed E-state index contributed by atoms with van der Waals surface area (Å²) < 4.78 is 14.4. The zero-order valence-corrected chi connectivity index (χ0v) is 8.86. The number of carbonyl (C=O) groups excluding carboxylic acids is 1. The van der Waals surface area contributed by atoms with Crippen LogP contribution < -0.4 is 0 Å². The van der Waals surface area contributed by atoms with Gasteiger partial charge in [-0.05, 0) is 0 Å². The Morgan fingerprint density at radius 2 is 1.93 bits per heavy atom. The average Bonchev–Trinajstić information content (AvgIpc) is 2.24. The second-order valence-corrected chi connectivity index (χ2v) is 2.98. The van der Waals surface area contributed by atoms with Crippen molar-refractivity contribution in [2.45, 2.75) is 25.2 Å². The number of methoxy groups -OCH3 is 3. The van der Waals surface area contributed by atoms with Gasteiger partial charge in [-0.3, -0.25) is 4.85 Å². The van der Waals surface area contributed by atoms with E-state index >= 15 is 0 Å². The first-order chi connectivity index (χ1) is 6.53. The third kappa shape index (κ3) is 2.98. The maximum absolute atomic E-state index is 11.3. The maximum Gasteiger partial charge on any atom is 0.392 e. The molecule has 0 saturated heterocycles. The molecule has 0 aliphatic carbocycles. The molecule has 14 heavy (non-hydrogen) atoms. The predicted octanol–water partition coefficient (Wildman–Crippen LogP) is 0.846. The van der Waals surface area contributed by atoms with Gasteiger partial charge in [0.15, 0.2) is 6.29 Å². The fraction of sp³-hybridized carbons (Fsp3) is 0.778. The van der Waals surface area contributed by atoms with E-state index in [1.807, 2.05) is 0 Å². The Bertz CT molecular complexity index is 231. The van der Waals surface area contributed by atoms with Gasteiger partial charge in [0.2, 0.25) is 0 Å². The van der Waals surface area contributed by atoms with Crippen molar-refractivity contribution < 1.29 is 19.0 Å². The highest BCUT2D eigenvalue weighted by Gasteiger charge is 2.44. The monoisotopic (exact) mass is 201 g/mol. The molecule has 0 amide bonds. The minimum atomic E-state index is -1.24. The summed E-state index contributed by atoms with van der Waals surface area (Å²) in [6, 6.07) is 0. The number of rotatable bonds is 5. The van der Waals surface area contributed by atoms with Crippen LogP contribution in [0.2, 0.25) is 0 Å². The largest absolute Gasteiger partial charge is 0.463 e. The third-order valence-electron chi connectivity index (χ3n) is 1.96. The summed E-state index contributed by atoms with van der Waals surface area (Å²) in [6.07, 6.45) is -0.427. The van der Waals surface area contributed by atoms with E-state index in [0.717, 1.165) is 0 Å². The molecule has 0 rings (SSSR count). The van der Waals surface area contributed by atoms with Crippen LogP contribution in [0.4, 0.5) is 0 Å². The molecule has 0 aromatic carbocycles. The molecule has 0 aliphatic heterocycles. The summed E-state index contributed by atoms with van der Waals surface area (Å²) >= 11 is 0. The Morgan fingerprint density at radius 1 is 1.43 bits per heavy atom. The zero-order chi connectivity index (χ0) is 11.2. The van der Waals surface area contributed by atoms with E-state index < -0.39 is 17.8 Å². The van der Waals surface area contributed by atoms with Crippen LogP contribution in [-0.2, 0) is 19.0 Å². The van der Waals surface area contributed by atoms with Gasteiger partial charge in [0.05, 0.1) is 13.5 Å². The molecule has 0 N–H and O–H groups in total. The van der Waals surface area contributed by atoms with Gasteiger partial charge in [-0.2, -0.15) is 0 Å². The van der Waals surface area contributed by atoms with Crippen LogP contribution in [0.1, 0.15) is 13.3 Å². The van der Waals surface area contributed by atoms with Gasteiger partial charge < -0.3 is 14.2 Å². The van der Waals surface area contributed by atoms with Crippen molar-refractivity contribution in [1.29, 1.82) is 0 Å². The maximum atomic E-state index is 11.3. The normalized spacial score (nSPS) is 14.6. The van der Waals surface area contributed by atoms with E-state index in [-0.39, 0.29) is 6.42 Å². The van der Waals surface area contributed by atoms with Crippen molar-refractivity contribution in [2.75, 3.05) is 21.3 Å². The lowest BCUT2D eigenvalue weighted by Gasteiger charge is -2.19. The molecule has 5 nitrogen and oxygen atoms in total. The van der Waals surface area contributed by atoms with Crippen LogP contribution in [0.3, 0.4) is 0 Å². The van der Waals surface area contributed by atoms with Crippen molar-refractivity contribution in [2.24, 2.45) is 0 Å². The fourth-order valence-electron chi connectivity index (χ4n) is 0.982. The minimum absolute atomic E-state index is 0.149. The molecule has 1 atom stereocenters. The van der Waals surface area contributed by atoms with E-state index in [1.165, 1.54) is 28.3 Å². The van der Waals surface area contributed by atoms with Crippen molar-refractivity contribution in [3.63, 3.8) is 0 Å². The Hall–Kier alpha value is -1.12. The molecule has 80 valence electrons. The van der Waals surface area contributed by atoms with Crippen LogP contribution >= 0.6 is 0 Å². The molecular formula is C9H15NO4. The van der Waals surface area contributed by atoms with E-state index in [9.17, 15) is 4.79 Å². The van der Waals surface area contributed by atoms with Gasteiger partial charge in [0, 0.05) is 21.1 Å². The molecule has 0 aromatic heterocycles. The van der Waals surface area contributed by atoms with Crippen molar-refractivity contribution >= 4 is 5.97 Å². The average molecular weight is 201 g/mol. The lowest BCUT2D eigenvalue weighted by atomic mass is 9.99. The molecule has 0 radical (unpaired) electrons. The van der Waals surface area contributed by atoms with Gasteiger partial charge in [-0.15, -0.1) is 0 Å². The molecule has 0 bridgehead atoms. The van der Waals surface area contributed by atoms with Gasteiger partial charge in [0.25, 0.3) is 0 Å². The zero-order valence-electron chi connectivity index (χ0n) is 8.86. The smallest absolute Gasteiger partial charge is 0.392 e. The summed E-state index contributed by atoms with van der Waals surface area (Å²) in [5.41, 5.74) is -1.24. The molecular weight excluding hydrogens is 186 g/mol. The van der Waals surface area contributed by atoms with E-state index in [1.54, 1.807) is 0 Å². The van der Waals surface area contributed by atoms with Gasteiger partial charge in [-0.1, -0.05) is 0 Å². The first kappa shape index (κ1) is 12.9. The Labute approximate surface area is 83.8 Å². The molecule has 0 heterocycles. The molecule has 0 spiro atoms. The quantitative estimate of drug-likeness (QED) is 0.376. The SMILES string of the molecule is [C-]#[N+]C(C)(CC(OC)OC)C(=O)OC. The second kappa shape index (κ2) is 5.58. The molecule has 0 aliphatic rings. The summed E-state index contributed by atoms with van der Waals surface area (Å²) in [5, 5.41) is 0. The summed E-state index contributed by atoms with van der Waals surface area (Å²) in [4.78, 5) is 14.5. The van der Waals surface area contributed by atoms with Crippen LogP contribution in [0, 0.1) is 6.57 Å². The lowest BCUT2D eigenvalue weighted by Crippen LogP contribution is -2.37. The molecule has 0 saturated carbocycles. The van der Waals surface area contributed by atoms with Crippen LogP contribution in [0.25, 0.3) is 4.85 Å². The highest BCUT2D eigenvalue weighted by Crippen LogP contribution is 2.21. The summed E-state index contributed by atoms with van der Waals surface area (Å²) in [6.45, 7) is 8.44. The fourth-order valence-corrected chi connectivity index (χ4v) is 0.982. The number of hydrogen-bond acceptors (Lipinski definition) is 4. The van der Waals surface area contributed by atoms with E-state index in [2.05, 4.69) is 9.58 Å². The number of esters is 1. The van der Waals surface area contributed by atoms with Gasteiger partial charge in [-0.25, -0.2) is 11.4 Å². The van der Waals surface area contributed by atoms with Gasteiger partial charge in [0.1, 0.15) is 0 Å². The van der Waals surface area contributed by atoms with Crippen LogP contribution in [-0.4, -0.2) is 39.1 Å². The highest BCUT2D eigenvalue weighted by molar-refractivity contribution is 5.82. The molecule has 0 fully saturated rings. The summed E-state index contributed by atoms with van der Waals surface area (Å²) in [5.74, 6) is -0.577. The minimum Gasteiger partial charge on any atom is -0.463 e. The number of nitrogens with zero attached hydrogens (tertiary/aromatic N) is 1. The topological polar surface area (TPSA) is 49.1 Å².